The lowest BCUT2D eigenvalue weighted by molar-refractivity contribution is -0.137. The first-order valence-corrected chi connectivity index (χ1v) is 15.9. The Balaban J connectivity index is 1.72. The second-order valence-corrected chi connectivity index (χ2v) is 14.5. The summed E-state index contributed by atoms with van der Waals surface area (Å²) in [5, 5.41) is 12.7. The Kier molecular flexibility index (Phi) is 9.97. The number of benzene rings is 2. The summed E-state index contributed by atoms with van der Waals surface area (Å²) in [6.07, 6.45) is 4.00. The molecule has 0 bridgehead atoms. The zero-order chi connectivity index (χ0) is 31.7. The lowest BCUT2D eigenvalue weighted by Crippen LogP contribution is -2.51. The fraction of sp³-hybridized carbons (Fsp3) is 0.529. The van der Waals surface area contributed by atoms with Gasteiger partial charge in [0.1, 0.15) is 11.4 Å². The average Bonchev–Trinajstić information content (AvgIpc) is 3.17. The van der Waals surface area contributed by atoms with E-state index < -0.39 is 17.7 Å². The van der Waals surface area contributed by atoms with Gasteiger partial charge in [-0.2, -0.15) is 0 Å². The largest absolute Gasteiger partial charge is 0.481 e. The number of halogens is 2. The van der Waals surface area contributed by atoms with E-state index in [1.54, 1.807) is 37.3 Å². The minimum Gasteiger partial charge on any atom is -0.481 e. The molecule has 0 saturated heterocycles. The number of hydrogen-bond acceptors (Lipinski definition) is 4. The van der Waals surface area contributed by atoms with E-state index in [2.05, 4.69) is 39.9 Å². The highest BCUT2D eigenvalue weighted by molar-refractivity contribution is 6.47. The molecule has 1 saturated carbocycles. The Bertz CT molecular complexity index is 1370. The van der Waals surface area contributed by atoms with Crippen molar-refractivity contribution in [3.63, 3.8) is 0 Å². The maximum absolute atomic E-state index is 14.5. The predicted octanol–water partition coefficient (Wildman–Crippen LogP) is 7.94. The third-order valence-corrected chi connectivity index (χ3v) is 9.20. The van der Waals surface area contributed by atoms with Crippen molar-refractivity contribution in [1.29, 1.82) is 0 Å². The fourth-order valence-corrected chi connectivity index (χ4v) is 7.06. The SMILES string of the molecule is CC(C)C[C@H](c1ccc(C(=O)N[C@@H](C)CC(=O)O)cc1)N1C(=O)C(c2cc(Cl)cc(Cl)c2)=NC12CCC(C(C)(C)C)CC2. The maximum atomic E-state index is 14.5. The molecule has 1 fully saturated rings. The van der Waals surface area contributed by atoms with E-state index in [0.717, 1.165) is 37.7 Å². The number of nitrogens with one attached hydrogen (secondary N) is 1. The van der Waals surface area contributed by atoms with Crippen LogP contribution in [0.3, 0.4) is 0 Å². The van der Waals surface area contributed by atoms with E-state index in [-0.39, 0.29) is 35.6 Å². The fourth-order valence-electron chi connectivity index (χ4n) is 6.54. The molecule has 0 radical (unpaired) electrons. The normalized spacial score (nSPS) is 22.1. The highest BCUT2D eigenvalue weighted by Crippen LogP contribution is 2.50. The Morgan fingerprint density at radius 3 is 2.14 bits per heavy atom. The van der Waals surface area contributed by atoms with Crippen LogP contribution in [0, 0.1) is 17.3 Å². The molecule has 1 aliphatic carbocycles. The summed E-state index contributed by atoms with van der Waals surface area (Å²) in [5.74, 6) is -0.631. The van der Waals surface area contributed by atoms with Crippen LogP contribution in [0.2, 0.25) is 10.0 Å². The molecule has 43 heavy (non-hydrogen) atoms. The second-order valence-electron chi connectivity index (χ2n) is 13.7. The molecular formula is C34H43Cl2N3O4. The molecule has 2 amide bonds. The highest BCUT2D eigenvalue weighted by Gasteiger charge is 2.52. The van der Waals surface area contributed by atoms with Crippen LogP contribution in [0.5, 0.6) is 0 Å². The van der Waals surface area contributed by atoms with Crippen molar-refractivity contribution in [2.75, 3.05) is 0 Å². The van der Waals surface area contributed by atoms with Gasteiger partial charge in [0.15, 0.2) is 0 Å². The number of hydrogen-bond donors (Lipinski definition) is 2. The Morgan fingerprint density at radius 1 is 1.05 bits per heavy atom. The summed E-state index contributed by atoms with van der Waals surface area (Å²) < 4.78 is 0. The van der Waals surface area contributed by atoms with Crippen molar-refractivity contribution in [3.8, 4) is 0 Å². The van der Waals surface area contributed by atoms with E-state index in [0.29, 0.717) is 32.8 Å². The smallest absolute Gasteiger partial charge is 0.305 e. The lowest BCUT2D eigenvalue weighted by Gasteiger charge is -2.47. The number of rotatable bonds is 9. The van der Waals surface area contributed by atoms with Gasteiger partial charge in [-0.3, -0.25) is 19.4 Å². The standard InChI is InChI=1S/C34H43Cl2N3O4/c1-20(2)15-28(22-7-9-23(10-8-22)31(42)37-21(3)16-29(40)41)39-32(43)30(24-17-26(35)19-27(36)18-24)38-34(39)13-11-25(12-14-34)33(4,5)6/h7-10,17-21,25,28H,11-16H2,1-6H3,(H,37,42)(H,40,41)/t21-,25?,28+,34?/m0/s1. The van der Waals surface area contributed by atoms with Gasteiger partial charge in [-0.25, -0.2) is 0 Å². The number of carbonyl (C=O) groups excluding carboxylic acids is 2. The molecule has 0 unspecified atom stereocenters. The molecule has 2 aromatic rings. The zero-order valence-corrected chi connectivity index (χ0v) is 27.4. The Morgan fingerprint density at radius 2 is 1.63 bits per heavy atom. The number of carboxylic acid groups (broad SMARTS) is 1. The molecule has 4 rings (SSSR count). The van der Waals surface area contributed by atoms with Crippen molar-refractivity contribution >= 4 is 46.7 Å². The molecule has 2 aromatic carbocycles. The van der Waals surface area contributed by atoms with E-state index in [4.69, 9.17) is 33.3 Å². The molecule has 2 N–H and O–H groups in total. The maximum Gasteiger partial charge on any atom is 0.305 e. The summed E-state index contributed by atoms with van der Waals surface area (Å²) in [6, 6.07) is 11.7. The third-order valence-electron chi connectivity index (χ3n) is 8.76. The van der Waals surface area contributed by atoms with Gasteiger partial charge in [0.2, 0.25) is 0 Å². The molecule has 9 heteroatoms. The van der Waals surface area contributed by atoms with Crippen LogP contribution >= 0.6 is 23.2 Å². The predicted molar refractivity (Wildman–Crippen MR) is 172 cm³/mol. The Labute approximate surface area is 265 Å². The first-order valence-electron chi connectivity index (χ1n) is 15.1. The molecule has 1 heterocycles. The summed E-state index contributed by atoms with van der Waals surface area (Å²) in [6.45, 7) is 12.8. The summed E-state index contributed by atoms with van der Waals surface area (Å²) >= 11 is 12.7. The molecule has 232 valence electrons. The number of carboxylic acids is 1. The quantitative estimate of drug-likeness (QED) is 0.295. The summed E-state index contributed by atoms with van der Waals surface area (Å²) in [4.78, 5) is 45.5. The van der Waals surface area contributed by atoms with Crippen molar-refractivity contribution in [3.05, 3.63) is 69.2 Å². The van der Waals surface area contributed by atoms with Crippen LogP contribution in [0.25, 0.3) is 0 Å². The number of aliphatic carboxylic acids is 1. The average molecular weight is 629 g/mol. The van der Waals surface area contributed by atoms with Gasteiger partial charge >= 0.3 is 5.97 Å². The highest BCUT2D eigenvalue weighted by atomic mass is 35.5. The molecule has 7 nitrogen and oxygen atoms in total. The van der Waals surface area contributed by atoms with Gasteiger partial charge < -0.3 is 15.3 Å². The first kappa shape index (κ1) is 33.0. The van der Waals surface area contributed by atoms with Gasteiger partial charge in [-0.05, 0) is 92.2 Å². The van der Waals surface area contributed by atoms with Crippen LogP contribution < -0.4 is 5.32 Å². The molecule has 1 aliphatic heterocycles. The number of carbonyl (C=O) groups is 3. The van der Waals surface area contributed by atoms with Crippen molar-refractivity contribution < 1.29 is 19.5 Å². The topological polar surface area (TPSA) is 99.1 Å². The van der Waals surface area contributed by atoms with Crippen molar-refractivity contribution in [2.24, 2.45) is 22.2 Å². The third kappa shape index (κ3) is 7.61. The number of nitrogens with zero attached hydrogens (tertiary/aromatic N) is 2. The molecular weight excluding hydrogens is 585 g/mol. The van der Waals surface area contributed by atoms with Crippen LogP contribution in [-0.2, 0) is 9.59 Å². The van der Waals surface area contributed by atoms with Crippen LogP contribution in [0.1, 0.15) is 108 Å². The van der Waals surface area contributed by atoms with Crippen molar-refractivity contribution in [2.45, 2.75) is 97.8 Å². The van der Waals surface area contributed by atoms with E-state index >= 15 is 0 Å². The van der Waals surface area contributed by atoms with Crippen LogP contribution in [0.4, 0.5) is 0 Å². The molecule has 2 aliphatic rings. The number of amides is 2. The van der Waals surface area contributed by atoms with Crippen LogP contribution in [-0.4, -0.2) is 45.2 Å². The van der Waals surface area contributed by atoms with E-state index in [9.17, 15) is 14.4 Å². The summed E-state index contributed by atoms with van der Waals surface area (Å²) in [7, 11) is 0. The monoisotopic (exact) mass is 627 g/mol. The lowest BCUT2D eigenvalue weighted by atomic mass is 9.69. The molecule has 2 atom stereocenters. The minimum absolute atomic E-state index is 0.137. The first-order chi connectivity index (χ1) is 20.1. The van der Waals surface area contributed by atoms with Gasteiger partial charge in [-0.15, -0.1) is 0 Å². The van der Waals surface area contributed by atoms with Gasteiger partial charge in [0.05, 0.1) is 12.5 Å². The zero-order valence-electron chi connectivity index (χ0n) is 25.9. The van der Waals surface area contributed by atoms with Crippen LogP contribution in [0.15, 0.2) is 47.5 Å². The molecule has 0 aromatic heterocycles. The van der Waals surface area contributed by atoms with Crippen molar-refractivity contribution in [1.82, 2.24) is 10.2 Å². The number of aliphatic imine (C=N–C) groups is 1. The summed E-state index contributed by atoms with van der Waals surface area (Å²) in [5.41, 5.74) is 1.84. The second kappa shape index (κ2) is 13.0. The van der Waals surface area contributed by atoms with Gasteiger partial charge in [0, 0.05) is 27.2 Å². The minimum atomic E-state index is -0.970. The van der Waals surface area contributed by atoms with E-state index in [1.807, 2.05) is 17.0 Å². The van der Waals surface area contributed by atoms with Gasteiger partial charge in [-0.1, -0.05) is 70.0 Å². The molecule has 1 spiro atoms. The van der Waals surface area contributed by atoms with Gasteiger partial charge in [0.25, 0.3) is 11.8 Å². The van der Waals surface area contributed by atoms with E-state index in [1.165, 1.54) is 0 Å². The Hall–Kier alpha value is -2.90.